The molecule has 1 aromatic carbocycles. The molecule has 0 aliphatic rings. The van der Waals surface area contributed by atoms with Crippen molar-refractivity contribution in [1.82, 2.24) is 5.32 Å². The van der Waals surface area contributed by atoms with Crippen LogP contribution in [0.2, 0.25) is 0 Å². The van der Waals surface area contributed by atoms with Crippen LogP contribution in [0.5, 0.6) is 0 Å². The molecule has 0 fully saturated rings. The molecular weight excluding hydrogens is 232 g/mol. The SMILES string of the molecule is O=C(CCCl)NCc1ccc([N+](=O)[O-])cc1. The molecule has 0 spiro atoms. The van der Waals surface area contributed by atoms with Gasteiger partial charge in [-0.1, -0.05) is 12.1 Å². The molecule has 16 heavy (non-hydrogen) atoms. The fraction of sp³-hybridized carbons (Fsp3) is 0.300. The van der Waals surface area contributed by atoms with Crippen LogP contribution in [0.4, 0.5) is 5.69 Å². The Kier molecular flexibility index (Phi) is 4.72. The zero-order valence-electron chi connectivity index (χ0n) is 8.48. The lowest BCUT2D eigenvalue weighted by Crippen LogP contribution is -2.22. The summed E-state index contributed by atoms with van der Waals surface area (Å²) in [5, 5.41) is 13.0. The second kappa shape index (κ2) is 6.07. The summed E-state index contributed by atoms with van der Waals surface area (Å²) in [6.45, 7) is 0.355. The van der Waals surface area contributed by atoms with Gasteiger partial charge in [-0.2, -0.15) is 0 Å². The molecule has 0 heterocycles. The van der Waals surface area contributed by atoms with Crippen molar-refractivity contribution < 1.29 is 9.72 Å². The number of rotatable bonds is 5. The van der Waals surface area contributed by atoms with Gasteiger partial charge < -0.3 is 5.32 Å². The van der Waals surface area contributed by atoms with Gasteiger partial charge in [0, 0.05) is 31.0 Å². The maximum atomic E-state index is 11.1. The van der Waals surface area contributed by atoms with E-state index in [0.717, 1.165) is 5.56 Å². The van der Waals surface area contributed by atoms with E-state index in [1.807, 2.05) is 0 Å². The first-order chi connectivity index (χ1) is 7.63. The summed E-state index contributed by atoms with van der Waals surface area (Å²) in [6.07, 6.45) is 0.272. The molecule has 0 bridgehead atoms. The van der Waals surface area contributed by atoms with E-state index < -0.39 is 4.92 Å². The minimum absolute atomic E-state index is 0.0378. The summed E-state index contributed by atoms with van der Waals surface area (Å²) < 4.78 is 0. The van der Waals surface area contributed by atoms with Crippen molar-refractivity contribution in [3.63, 3.8) is 0 Å². The number of carbonyl (C=O) groups is 1. The molecule has 5 nitrogen and oxygen atoms in total. The predicted octanol–water partition coefficient (Wildman–Crippen LogP) is 1.84. The largest absolute Gasteiger partial charge is 0.352 e. The van der Waals surface area contributed by atoms with Gasteiger partial charge in [0.25, 0.3) is 5.69 Å². The van der Waals surface area contributed by atoms with E-state index in [1.54, 1.807) is 12.1 Å². The molecular formula is C10H11ClN2O3. The first-order valence-electron chi connectivity index (χ1n) is 4.69. The molecule has 1 amide bonds. The number of non-ortho nitro benzene ring substituents is 1. The van der Waals surface area contributed by atoms with Crippen LogP contribution in [0, 0.1) is 10.1 Å². The lowest BCUT2D eigenvalue weighted by molar-refractivity contribution is -0.384. The van der Waals surface area contributed by atoms with E-state index in [0.29, 0.717) is 6.54 Å². The Morgan fingerprint density at radius 3 is 2.50 bits per heavy atom. The van der Waals surface area contributed by atoms with Gasteiger partial charge in [-0.05, 0) is 5.56 Å². The van der Waals surface area contributed by atoms with Gasteiger partial charge in [0.2, 0.25) is 5.91 Å². The van der Waals surface area contributed by atoms with E-state index in [-0.39, 0.29) is 23.9 Å². The number of nitro benzene ring substituents is 1. The minimum Gasteiger partial charge on any atom is -0.352 e. The van der Waals surface area contributed by atoms with E-state index in [4.69, 9.17) is 11.6 Å². The maximum absolute atomic E-state index is 11.1. The third-order valence-corrected chi connectivity index (χ3v) is 2.15. The third kappa shape index (κ3) is 3.86. The second-order valence-electron chi connectivity index (χ2n) is 3.14. The molecule has 1 aromatic rings. The Morgan fingerprint density at radius 2 is 2.00 bits per heavy atom. The van der Waals surface area contributed by atoms with Crippen LogP contribution < -0.4 is 5.32 Å². The fourth-order valence-corrected chi connectivity index (χ4v) is 1.28. The molecule has 0 radical (unpaired) electrons. The number of alkyl halides is 1. The van der Waals surface area contributed by atoms with E-state index >= 15 is 0 Å². The van der Waals surface area contributed by atoms with Gasteiger partial charge in [-0.25, -0.2) is 0 Å². The van der Waals surface area contributed by atoms with Gasteiger partial charge in [0.05, 0.1) is 4.92 Å². The number of hydrogen-bond donors (Lipinski definition) is 1. The van der Waals surface area contributed by atoms with Crippen LogP contribution >= 0.6 is 11.6 Å². The first kappa shape index (κ1) is 12.4. The normalized spacial score (nSPS) is 9.81. The zero-order valence-corrected chi connectivity index (χ0v) is 9.24. The molecule has 0 aliphatic heterocycles. The first-order valence-corrected chi connectivity index (χ1v) is 5.23. The molecule has 6 heteroatoms. The van der Waals surface area contributed by atoms with E-state index in [1.165, 1.54) is 12.1 Å². The Morgan fingerprint density at radius 1 is 1.38 bits per heavy atom. The topological polar surface area (TPSA) is 72.2 Å². The molecule has 0 aliphatic carbocycles. The van der Waals surface area contributed by atoms with Crippen molar-refractivity contribution >= 4 is 23.2 Å². The van der Waals surface area contributed by atoms with Crippen molar-refractivity contribution in [2.75, 3.05) is 5.88 Å². The van der Waals surface area contributed by atoms with Gasteiger partial charge in [0.15, 0.2) is 0 Å². The molecule has 1 N–H and O–H groups in total. The van der Waals surface area contributed by atoms with Crippen molar-refractivity contribution in [3.05, 3.63) is 39.9 Å². The monoisotopic (exact) mass is 242 g/mol. The highest BCUT2D eigenvalue weighted by molar-refractivity contribution is 6.18. The van der Waals surface area contributed by atoms with Gasteiger partial charge in [-0.15, -0.1) is 11.6 Å². The van der Waals surface area contributed by atoms with Gasteiger partial charge in [0.1, 0.15) is 0 Å². The maximum Gasteiger partial charge on any atom is 0.269 e. The van der Waals surface area contributed by atoms with Crippen LogP contribution in [0.3, 0.4) is 0 Å². The van der Waals surface area contributed by atoms with Gasteiger partial charge >= 0.3 is 0 Å². The number of nitro groups is 1. The van der Waals surface area contributed by atoms with E-state index in [2.05, 4.69) is 5.32 Å². The van der Waals surface area contributed by atoms with Crippen LogP contribution in [0.1, 0.15) is 12.0 Å². The summed E-state index contributed by atoms with van der Waals surface area (Å²) in [7, 11) is 0. The lowest BCUT2D eigenvalue weighted by atomic mass is 10.2. The summed E-state index contributed by atoms with van der Waals surface area (Å²) >= 11 is 5.40. The number of carbonyl (C=O) groups excluding carboxylic acids is 1. The number of halogens is 1. The Hall–Kier alpha value is -1.62. The number of hydrogen-bond acceptors (Lipinski definition) is 3. The van der Waals surface area contributed by atoms with Crippen molar-refractivity contribution in [1.29, 1.82) is 0 Å². The average Bonchev–Trinajstić information content (AvgIpc) is 2.27. The van der Waals surface area contributed by atoms with Crippen LogP contribution in [-0.4, -0.2) is 16.7 Å². The minimum atomic E-state index is -0.462. The fourth-order valence-electron chi connectivity index (χ4n) is 1.11. The molecule has 86 valence electrons. The van der Waals surface area contributed by atoms with Crippen LogP contribution in [0.15, 0.2) is 24.3 Å². The Balaban J connectivity index is 2.49. The summed E-state index contributed by atoms with van der Waals surface area (Å²) in [4.78, 5) is 21.0. The smallest absolute Gasteiger partial charge is 0.269 e. The van der Waals surface area contributed by atoms with Crippen molar-refractivity contribution in [3.8, 4) is 0 Å². The van der Waals surface area contributed by atoms with Crippen molar-refractivity contribution in [2.24, 2.45) is 0 Å². The third-order valence-electron chi connectivity index (χ3n) is 1.96. The number of nitrogens with zero attached hydrogens (tertiary/aromatic N) is 1. The number of nitrogens with one attached hydrogen (secondary N) is 1. The highest BCUT2D eigenvalue weighted by Gasteiger charge is 2.04. The summed E-state index contributed by atoms with van der Waals surface area (Å²) in [5.41, 5.74) is 0.851. The van der Waals surface area contributed by atoms with Crippen molar-refractivity contribution in [2.45, 2.75) is 13.0 Å². The predicted molar refractivity (Wildman–Crippen MR) is 60.3 cm³/mol. The molecule has 0 unspecified atom stereocenters. The molecule has 0 aromatic heterocycles. The standard InChI is InChI=1S/C10H11ClN2O3/c11-6-5-10(14)12-7-8-1-3-9(4-2-8)13(15)16/h1-4H,5-7H2,(H,12,14). The van der Waals surface area contributed by atoms with Crippen LogP contribution in [-0.2, 0) is 11.3 Å². The van der Waals surface area contributed by atoms with Crippen LogP contribution in [0.25, 0.3) is 0 Å². The molecule has 0 saturated carbocycles. The summed E-state index contributed by atoms with van der Waals surface area (Å²) in [6, 6.07) is 6.03. The number of amides is 1. The summed E-state index contributed by atoms with van der Waals surface area (Å²) in [5.74, 6) is 0.153. The zero-order chi connectivity index (χ0) is 12.0. The van der Waals surface area contributed by atoms with E-state index in [9.17, 15) is 14.9 Å². The average molecular weight is 243 g/mol. The highest BCUT2D eigenvalue weighted by atomic mass is 35.5. The Bertz CT molecular complexity index is 378. The quantitative estimate of drug-likeness (QED) is 0.486. The molecule has 0 atom stereocenters. The Labute approximate surface area is 97.6 Å². The highest BCUT2D eigenvalue weighted by Crippen LogP contribution is 2.11. The molecule has 0 saturated heterocycles. The lowest BCUT2D eigenvalue weighted by Gasteiger charge is -2.03. The molecule has 1 rings (SSSR count). The number of benzene rings is 1. The van der Waals surface area contributed by atoms with Gasteiger partial charge in [-0.3, -0.25) is 14.9 Å². The second-order valence-corrected chi connectivity index (χ2v) is 3.52.